The molecule has 0 aliphatic carbocycles. The minimum atomic E-state index is -0.335. The van der Waals surface area contributed by atoms with Crippen molar-refractivity contribution in [1.29, 1.82) is 0 Å². The van der Waals surface area contributed by atoms with E-state index in [0.29, 0.717) is 28.1 Å². The number of carbonyl (C=O) groups is 1. The molecule has 3 rings (SSSR count). The summed E-state index contributed by atoms with van der Waals surface area (Å²) in [6.45, 7) is 1.80. The number of nitrogens with one attached hydrogen (secondary N) is 2. The zero-order valence-electron chi connectivity index (χ0n) is 14.3. The molecule has 0 radical (unpaired) electrons. The van der Waals surface area contributed by atoms with Gasteiger partial charge in [-0.2, -0.15) is 0 Å². The van der Waals surface area contributed by atoms with Crippen molar-refractivity contribution in [3.63, 3.8) is 0 Å². The van der Waals surface area contributed by atoms with Crippen molar-refractivity contribution in [2.75, 3.05) is 17.7 Å². The van der Waals surface area contributed by atoms with Crippen molar-refractivity contribution < 1.29 is 9.53 Å². The van der Waals surface area contributed by atoms with E-state index in [1.54, 1.807) is 56.5 Å². The molecule has 0 bridgehead atoms. The van der Waals surface area contributed by atoms with Gasteiger partial charge >= 0.3 is 0 Å². The highest BCUT2D eigenvalue weighted by Gasteiger charge is 2.12. The number of aryl methyl sites for hydroxylation is 1. The Kier molecular flexibility index (Phi) is 5.34. The normalized spacial score (nSPS) is 10.3. The minimum Gasteiger partial charge on any atom is -0.497 e. The summed E-state index contributed by atoms with van der Waals surface area (Å²) in [5.74, 6) is 0.644. The monoisotopic (exact) mass is 368 g/mol. The largest absolute Gasteiger partial charge is 0.497 e. The van der Waals surface area contributed by atoms with E-state index in [1.807, 2.05) is 12.1 Å². The highest BCUT2D eigenvalue weighted by molar-refractivity contribution is 6.30. The summed E-state index contributed by atoms with van der Waals surface area (Å²) in [5, 5.41) is 6.45. The first-order valence-electron chi connectivity index (χ1n) is 7.87. The van der Waals surface area contributed by atoms with Gasteiger partial charge in [-0.3, -0.25) is 4.79 Å². The fourth-order valence-electron chi connectivity index (χ4n) is 2.33. The molecule has 0 saturated carbocycles. The van der Waals surface area contributed by atoms with E-state index in [-0.39, 0.29) is 11.6 Å². The molecule has 0 aliphatic rings. The van der Waals surface area contributed by atoms with Crippen LogP contribution in [0.25, 0.3) is 0 Å². The SMILES string of the molecule is COc1cccc(NC(=O)c2cc(C)nc(Nc3cccc(Cl)c3)n2)c1. The number of rotatable bonds is 5. The van der Waals surface area contributed by atoms with E-state index in [2.05, 4.69) is 20.6 Å². The van der Waals surface area contributed by atoms with E-state index in [0.717, 1.165) is 5.69 Å². The lowest BCUT2D eigenvalue weighted by Crippen LogP contribution is -2.15. The molecule has 0 spiro atoms. The van der Waals surface area contributed by atoms with Crippen LogP contribution in [-0.2, 0) is 0 Å². The van der Waals surface area contributed by atoms with Crippen molar-refractivity contribution in [2.45, 2.75) is 6.92 Å². The van der Waals surface area contributed by atoms with Crippen LogP contribution in [-0.4, -0.2) is 23.0 Å². The zero-order chi connectivity index (χ0) is 18.5. The number of anilines is 3. The number of carbonyl (C=O) groups excluding carboxylic acids is 1. The Labute approximate surface area is 156 Å². The van der Waals surface area contributed by atoms with Crippen molar-refractivity contribution >= 4 is 34.8 Å². The quantitative estimate of drug-likeness (QED) is 0.696. The topological polar surface area (TPSA) is 76.1 Å². The lowest BCUT2D eigenvalue weighted by molar-refractivity contribution is 0.102. The first-order chi connectivity index (χ1) is 12.5. The molecular formula is C19H17ClN4O2. The van der Waals surface area contributed by atoms with Crippen LogP contribution in [0.15, 0.2) is 54.6 Å². The van der Waals surface area contributed by atoms with E-state index in [9.17, 15) is 4.79 Å². The third-order valence-electron chi connectivity index (χ3n) is 3.50. The van der Waals surface area contributed by atoms with Gasteiger partial charge in [0, 0.05) is 28.2 Å². The Morgan fingerprint density at radius 1 is 1.04 bits per heavy atom. The molecule has 0 fully saturated rings. The van der Waals surface area contributed by atoms with Gasteiger partial charge in [0.1, 0.15) is 11.4 Å². The van der Waals surface area contributed by atoms with E-state index < -0.39 is 0 Å². The summed E-state index contributed by atoms with van der Waals surface area (Å²) in [4.78, 5) is 21.1. The highest BCUT2D eigenvalue weighted by Crippen LogP contribution is 2.20. The maximum atomic E-state index is 12.5. The highest BCUT2D eigenvalue weighted by atomic mass is 35.5. The lowest BCUT2D eigenvalue weighted by Gasteiger charge is -2.10. The molecular weight excluding hydrogens is 352 g/mol. The molecule has 0 saturated heterocycles. The number of halogens is 1. The van der Waals surface area contributed by atoms with E-state index in [1.165, 1.54) is 0 Å². The summed E-state index contributed by atoms with van der Waals surface area (Å²) in [6, 6.07) is 15.9. The predicted molar refractivity (Wildman–Crippen MR) is 102 cm³/mol. The van der Waals surface area contributed by atoms with Gasteiger partial charge < -0.3 is 15.4 Å². The standard InChI is InChI=1S/C19H17ClN4O2/c1-12-9-17(18(25)22-15-7-4-8-16(11-15)26-2)24-19(21-12)23-14-6-3-5-13(20)10-14/h3-11H,1-2H3,(H,22,25)(H,21,23,24). The average Bonchev–Trinajstić information content (AvgIpc) is 2.61. The van der Waals surface area contributed by atoms with Crippen molar-refractivity contribution in [2.24, 2.45) is 0 Å². The van der Waals surface area contributed by atoms with E-state index in [4.69, 9.17) is 16.3 Å². The van der Waals surface area contributed by atoms with Crippen LogP contribution in [0.5, 0.6) is 5.75 Å². The second-order valence-electron chi connectivity index (χ2n) is 5.54. The maximum Gasteiger partial charge on any atom is 0.274 e. The number of ether oxygens (including phenoxy) is 1. The molecule has 26 heavy (non-hydrogen) atoms. The van der Waals surface area contributed by atoms with Gasteiger partial charge in [-0.15, -0.1) is 0 Å². The van der Waals surface area contributed by atoms with Crippen LogP contribution in [0.3, 0.4) is 0 Å². The third kappa shape index (κ3) is 4.49. The number of methoxy groups -OCH3 is 1. The molecule has 3 aromatic rings. The van der Waals surface area contributed by atoms with Gasteiger partial charge in [0.05, 0.1) is 7.11 Å². The Bertz CT molecular complexity index is 946. The number of benzene rings is 2. The summed E-state index contributed by atoms with van der Waals surface area (Å²) in [7, 11) is 1.57. The van der Waals surface area contributed by atoms with E-state index >= 15 is 0 Å². The molecule has 1 aromatic heterocycles. The zero-order valence-corrected chi connectivity index (χ0v) is 15.0. The van der Waals surface area contributed by atoms with Crippen molar-refractivity contribution in [3.8, 4) is 5.75 Å². The van der Waals surface area contributed by atoms with Crippen LogP contribution in [0, 0.1) is 6.92 Å². The summed E-state index contributed by atoms with van der Waals surface area (Å²) in [6.07, 6.45) is 0. The molecule has 7 heteroatoms. The molecule has 132 valence electrons. The third-order valence-corrected chi connectivity index (χ3v) is 3.73. The first kappa shape index (κ1) is 17.7. The maximum absolute atomic E-state index is 12.5. The smallest absolute Gasteiger partial charge is 0.274 e. The van der Waals surface area contributed by atoms with Gasteiger partial charge in [-0.25, -0.2) is 9.97 Å². The van der Waals surface area contributed by atoms with Crippen molar-refractivity contribution in [3.05, 3.63) is 71.0 Å². The molecule has 2 N–H and O–H groups in total. The summed E-state index contributed by atoms with van der Waals surface area (Å²) >= 11 is 5.98. The van der Waals surface area contributed by atoms with Crippen LogP contribution in [0.2, 0.25) is 5.02 Å². The van der Waals surface area contributed by atoms with Gasteiger partial charge in [-0.05, 0) is 43.3 Å². The minimum absolute atomic E-state index is 0.254. The van der Waals surface area contributed by atoms with Crippen LogP contribution >= 0.6 is 11.6 Å². The number of nitrogens with zero attached hydrogens (tertiary/aromatic N) is 2. The number of aromatic nitrogens is 2. The lowest BCUT2D eigenvalue weighted by atomic mass is 10.2. The first-order valence-corrected chi connectivity index (χ1v) is 8.25. The number of amides is 1. The molecule has 0 unspecified atom stereocenters. The molecule has 6 nitrogen and oxygen atoms in total. The number of hydrogen-bond acceptors (Lipinski definition) is 5. The average molecular weight is 369 g/mol. The fourth-order valence-corrected chi connectivity index (χ4v) is 2.52. The Balaban J connectivity index is 1.81. The van der Waals surface area contributed by atoms with Gasteiger partial charge in [0.2, 0.25) is 5.95 Å². The van der Waals surface area contributed by atoms with Crippen LogP contribution in [0.1, 0.15) is 16.2 Å². The van der Waals surface area contributed by atoms with Gasteiger partial charge in [0.25, 0.3) is 5.91 Å². The van der Waals surface area contributed by atoms with Gasteiger partial charge in [0.15, 0.2) is 0 Å². The van der Waals surface area contributed by atoms with Crippen LogP contribution < -0.4 is 15.4 Å². The molecule has 1 heterocycles. The fraction of sp³-hybridized carbons (Fsp3) is 0.105. The van der Waals surface area contributed by atoms with Crippen LogP contribution in [0.4, 0.5) is 17.3 Å². The molecule has 1 amide bonds. The predicted octanol–water partition coefficient (Wildman–Crippen LogP) is 4.44. The number of hydrogen-bond donors (Lipinski definition) is 2. The summed E-state index contributed by atoms with van der Waals surface area (Å²) < 4.78 is 5.16. The van der Waals surface area contributed by atoms with Gasteiger partial charge in [-0.1, -0.05) is 23.7 Å². The summed E-state index contributed by atoms with van der Waals surface area (Å²) in [5.41, 5.74) is 2.28. The molecule has 0 atom stereocenters. The Morgan fingerprint density at radius 3 is 2.58 bits per heavy atom. The van der Waals surface area contributed by atoms with Crippen molar-refractivity contribution in [1.82, 2.24) is 9.97 Å². The second-order valence-corrected chi connectivity index (χ2v) is 5.98. The Hall–Kier alpha value is -3.12. The Morgan fingerprint density at radius 2 is 1.81 bits per heavy atom. The second kappa shape index (κ2) is 7.84. The molecule has 0 aliphatic heterocycles. The molecule has 2 aromatic carbocycles.